The predicted octanol–water partition coefficient (Wildman–Crippen LogP) is 0.949. The second-order valence-corrected chi connectivity index (χ2v) is 5.11. The summed E-state index contributed by atoms with van der Waals surface area (Å²) in [6.07, 6.45) is 2.27. The van der Waals surface area contributed by atoms with Gasteiger partial charge in [-0.2, -0.15) is 0 Å². The summed E-state index contributed by atoms with van der Waals surface area (Å²) in [7, 11) is 1.93. The predicted molar refractivity (Wildman–Crippen MR) is 56.0 cm³/mol. The standard InChI is InChI=1S/C11H20N2O/c1-9(2)13-7-11(8-13)5-4-6-12(3)10(11)14/h9H,4-8H2,1-3H3. The minimum Gasteiger partial charge on any atom is -0.345 e. The fraction of sp³-hybridized carbons (Fsp3) is 0.909. The third kappa shape index (κ3) is 1.34. The number of piperidine rings is 1. The largest absolute Gasteiger partial charge is 0.345 e. The maximum Gasteiger partial charge on any atom is 0.231 e. The molecule has 0 N–H and O–H groups in total. The van der Waals surface area contributed by atoms with Crippen LogP contribution in [0, 0.1) is 5.41 Å². The minimum atomic E-state index is -0.00271. The van der Waals surface area contributed by atoms with Crippen molar-refractivity contribution in [1.82, 2.24) is 9.80 Å². The maximum absolute atomic E-state index is 12.0. The van der Waals surface area contributed by atoms with Gasteiger partial charge in [-0.15, -0.1) is 0 Å². The molecule has 0 aromatic rings. The molecule has 2 aliphatic heterocycles. The zero-order valence-electron chi connectivity index (χ0n) is 9.42. The van der Waals surface area contributed by atoms with Crippen LogP contribution >= 0.6 is 0 Å². The van der Waals surface area contributed by atoms with E-state index >= 15 is 0 Å². The van der Waals surface area contributed by atoms with Crippen molar-refractivity contribution in [3.8, 4) is 0 Å². The molecule has 0 aromatic heterocycles. The van der Waals surface area contributed by atoms with E-state index in [1.165, 1.54) is 6.42 Å². The van der Waals surface area contributed by atoms with Crippen LogP contribution in [0.25, 0.3) is 0 Å². The van der Waals surface area contributed by atoms with Gasteiger partial charge in [-0.1, -0.05) is 0 Å². The SMILES string of the molecule is CC(C)N1CC2(CCCN(C)C2=O)C1. The molecule has 3 heteroatoms. The van der Waals surface area contributed by atoms with E-state index < -0.39 is 0 Å². The molecule has 2 aliphatic rings. The lowest BCUT2D eigenvalue weighted by atomic mass is 9.72. The summed E-state index contributed by atoms with van der Waals surface area (Å²) in [5.74, 6) is 0.376. The number of rotatable bonds is 1. The van der Waals surface area contributed by atoms with Gasteiger partial charge in [-0.3, -0.25) is 9.69 Å². The monoisotopic (exact) mass is 196 g/mol. The molecule has 0 atom stereocenters. The van der Waals surface area contributed by atoms with Crippen molar-refractivity contribution in [3.05, 3.63) is 0 Å². The average Bonchev–Trinajstić information content (AvgIpc) is 2.05. The Balaban J connectivity index is 2.02. The van der Waals surface area contributed by atoms with Crippen LogP contribution in [0.3, 0.4) is 0 Å². The number of carbonyl (C=O) groups excluding carboxylic acids is 1. The van der Waals surface area contributed by atoms with Crippen LogP contribution < -0.4 is 0 Å². The fourth-order valence-corrected chi connectivity index (χ4v) is 2.66. The van der Waals surface area contributed by atoms with Gasteiger partial charge in [0.15, 0.2) is 0 Å². The topological polar surface area (TPSA) is 23.6 Å². The van der Waals surface area contributed by atoms with Crippen LogP contribution in [0.5, 0.6) is 0 Å². The second kappa shape index (κ2) is 3.23. The molecule has 1 spiro atoms. The van der Waals surface area contributed by atoms with E-state index in [0.29, 0.717) is 11.9 Å². The summed E-state index contributed by atoms with van der Waals surface area (Å²) in [5.41, 5.74) is -0.00271. The lowest BCUT2D eigenvalue weighted by molar-refractivity contribution is -0.159. The second-order valence-electron chi connectivity index (χ2n) is 5.11. The van der Waals surface area contributed by atoms with Crippen molar-refractivity contribution in [3.63, 3.8) is 0 Å². The van der Waals surface area contributed by atoms with E-state index in [-0.39, 0.29) is 5.41 Å². The van der Waals surface area contributed by atoms with Gasteiger partial charge in [0.2, 0.25) is 5.91 Å². The fourth-order valence-electron chi connectivity index (χ4n) is 2.66. The molecule has 14 heavy (non-hydrogen) atoms. The third-order valence-electron chi connectivity index (χ3n) is 3.69. The van der Waals surface area contributed by atoms with E-state index in [1.54, 1.807) is 0 Å². The maximum atomic E-state index is 12.0. The summed E-state index contributed by atoms with van der Waals surface area (Å²) >= 11 is 0. The minimum absolute atomic E-state index is 0.00271. The zero-order chi connectivity index (χ0) is 10.3. The number of hydrogen-bond donors (Lipinski definition) is 0. The van der Waals surface area contributed by atoms with Crippen LogP contribution in [-0.2, 0) is 4.79 Å². The zero-order valence-corrected chi connectivity index (χ0v) is 9.42. The highest BCUT2D eigenvalue weighted by molar-refractivity contribution is 5.84. The molecule has 0 radical (unpaired) electrons. The van der Waals surface area contributed by atoms with Crippen molar-refractivity contribution < 1.29 is 4.79 Å². The van der Waals surface area contributed by atoms with Crippen LogP contribution in [-0.4, -0.2) is 48.4 Å². The molecule has 0 aliphatic carbocycles. The number of amides is 1. The van der Waals surface area contributed by atoms with E-state index in [1.807, 2.05) is 11.9 Å². The van der Waals surface area contributed by atoms with Gasteiger partial charge >= 0.3 is 0 Å². The molecule has 1 amide bonds. The Morgan fingerprint density at radius 2 is 2.00 bits per heavy atom. The molecule has 3 nitrogen and oxygen atoms in total. The Bertz CT molecular complexity index is 244. The van der Waals surface area contributed by atoms with Crippen LogP contribution in [0.2, 0.25) is 0 Å². The normalized spacial score (nSPS) is 27.1. The van der Waals surface area contributed by atoms with E-state index in [9.17, 15) is 4.79 Å². The van der Waals surface area contributed by atoms with E-state index in [2.05, 4.69) is 18.7 Å². The van der Waals surface area contributed by atoms with Gasteiger partial charge in [0.25, 0.3) is 0 Å². The van der Waals surface area contributed by atoms with Gasteiger partial charge < -0.3 is 4.90 Å². The summed E-state index contributed by atoms with van der Waals surface area (Å²) in [6, 6.07) is 0.584. The molecule has 2 fully saturated rings. The molecule has 0 saturated carbocycles. The molecular formula is C11H20N2O. The summed E-state index contributed by atoms with van der Waals surface area (Å²) in [6.45, 7) is 7.30. The van der Waals surface area contributed by atoms with Crippen molar-refractivity contribution in [2.24, 2.45) is 5.41 Å². The highest BCUT2D eigenvalue weighted by atomic mass is 16.2. The summed E-state index contributed by atoms with van der Waals surface area (Å²) in [5, 5.41) is 0. The molecule has 0 unspecified atom stereocenters. The molecular weight excluding hydrogens is 176 g/mol. The van der Waals surface area contributed by atoms with Crippen molar-refractivity contribution in [2.45, 2.75) is 32.7 Å². The smallest absolute Gasteiger partial charge is 0.231 e. The Kier molecular flexibility index (Phi) is 2.30. The molecule has 80 valence electrons. The van der Waals surface area contributed by atoms with E-state index in [0.717, 1.165) is 26.1 Å². The Hall–Kier alpha value is -0.570. The Morgan fingerprint density at radius 1 is 1.36 bits per heavy atom. The first-order valence-corrected chi connectivity index (χ1v) is 5.55. The third-order valence-corrected chi connectivity index (χ3v) is 3.69. The van der Waals surface area contributed by atoms with E-state index in [4.69, 9.17) is 0 Å². The van der Waals surface area contributed by atoms with Crippen LogP contribution in [0.15, 0.2) is 0 Å². The van der Waals surface area contributed by atoms with Crippen molar-refractivity contribution in [1.29, 1.82) is 0 Å². The highest BCUT2D eigenvalue weighted by Crippen LogP contribution is 2.40. The molecule has 2 heterocycles. The van der Waals surface area contributed by atoms with Crippen LogP contribution in [0.1, 0.15) is 26.7 Å². The molecule has 2 rings (SSSR count). The van der Waals surface area contributed by atoms with Gasteiger partial charge in [-0.25, -0.2) is 0 Å². The van der Waals surface area contributed by atoms with Gasteiger partial charge in [-0.05, 0) is 26.7 Å². The van der Waals surface area contributed by atoms with Crippen molar-refractivity contribution >= 4 is 5.91 Å². The quantitative estimate of drug-likeness (QED) is 0.623. The first-order valence-electron chi connectivity index (χ1n) is 5.55. The molecule has 0 aromatic carbocycles. The molecule has 0 bridgehead atoms. The number of likely N-dealkylation sites (tertiary alicyclic amines) is 2. The average molecular weight is 196 g/mol. The molecule has 2 saturated heterocycles. The van der Waals surface area contributed by atoms with Gasteiger partial charge in [0.1, 0.15) is 0 Å². The number of nitrogens with zero attached hydrogens (tertiary/aromatic N) is 2. The summed E-state index contributed by atoms with van der Waals surface area (Å²) in [4.78, 5) is 16.3. The highest BCUT2D eigenvalue weighted by Gasteiger charge is 2.51. The van der Waals surface area contributed by atoms with Gasteiger partial charge in [0.05, 0.1) is 5.41 Å². The number of carbonyl (C=O) groups is 1. The van der Waals surface area contributed by atoms with Crippen LogP contribution in [0.4, 0.5) is 0 Å². The number of hydrogen-bond acceptors (Lipinski definition) is 2. The first-order chi connectivity index (χ1) is 6.55. The van der Waals surface area contributed by atoms with Gasteiger partial charge in [0, 0.05) is 32.7 Å². The Morgan fingerprint density at radius 3 is 2.57 bits per heavy atom. The lowest BCUT2D eigenvalue weighted by Crippen LogP contribution is -2.66. The first kappa shape index (κ1) is 9.97. The summed E-state index contributed by atoms with van der Waals surface area (Å²) < 4.78 is 0. The van der Waals surface area contributed by atoms with Crippen molar-refractivity contribution in [2.75, 3.05) is 26.7 Å². The Labute approximate surface area is 86.1 Å². The lowest BCUT2D eigenvalue weighted by Gasteiger charge is -2.54.